The second kappa shape index (κ2) is 4.34. The van der Waals surface area contributed by atoms with Gasteiger partial charge in [0.2, 0.25) is 0 Å². The Labute approximate surface area is 109 Å². The molecule has 0 unspecified atom stereocenters. The van der Waals surface area contributed by atoms with Crippen molar-refractivity contribution in [1.29, 1.82) is 0 Å². The number of hydrogen-bond donors (Lipinski definition) is 1. The molecule has 2 aromatic heterocycles. The third-order valence-electron chi connectivity index (χ3n) is 2.91. The number of para-hydroxylation sites is 1. The number of furan rings is 1. The van der Waals surface area contributed by atoms with Gasteiger partial charge in [-0.15, -0.1) is 0 Å². The van der Waals surface area contributed by atoms with E-state index in [1.54, 1.807) is 19.6 Å². The summed E-state index contributed by atoms with van der Waals surface area (Å²) in [5.74, 6) is 0.796. The molecule has 0 radical (unpaired) electrons. The number of H-pyrrole nitrogens is 1. The lowest BCUT2D eigenvalue weighted by Gasteiger charge is -2.03. The molecule has 2 heterocycles. The summed E-state index contributed by atoms with van der Waals surface area (Å²) < 4.78 is 13.1. The number of methoxy groups -OCH3 is 1. The van der Waals surface area contributed by atoms with Gasteiger partial charge in [-0.1, -0.05) is 6.07 Å². The van der Waals surface area contributed by atoms with Crippen LogP contribution >= 0.6 is 12.2 Å². The van der Waals surface area contributed by atoms with Gasteiger partial charge in [0.25, 0.3) is 0 Å². The third-order valence-corrected chi connectivity index (χ3v) is 3.24. The quantitative estimate of drug-likeness (QED) is 0.734. The van der Waals surface area contributed by atoms with Crippen LogP contribution in [0.3, 0.4) is 0 Å². The Balaban J connectivity index is 2.17. The monoisotopic (exact) mass is 260 g/mol. The van der Waals surface area contributed by atoms with E-state index in [9.17, 15) is 0 Å². The predicted molar refractivity (Wildman–Crippen MR) is 71.5 cm³/mol. The minimum Gasteiger partial charge on any atom is -0.494 e. The van der Waals surface area contributed by atoms with Gasteiger partial charge in [0.05, 0.1) is 31.7 Å². The number of ether oxygens (including phenoxy) is 1. The van der Waals surface area contributed by atoms with Gasteiger partial charge in [-0.3, -0.25) is 0 Å². The Morgan fingerprint density at radius 1 is 1.39 bits per heavy atom. The summed E-state index contributed by atoms with van der Waals surface area (Å²) in [6.07, 6.45) is 3.38. The zero-order valence-electron chi connectivity index (χ0n) is 9.84. The van der Waals surface area contributed by atoms with Gasteiger partial charge >= 0.3 is 0 Å². The summed E-state index contributed by atoms with van der Waals surface area (Å²) >= 11 is 5.35. The number of rotatable bonds is 3. The fourth-order valence-electron chi connectivity index (χ4n) is 2.05. The lowest BCUT2D eigenvalue weighted by atomic mass is 10.3. The Kier molecular flexibility index (Phi) is 2.68. The summed E-state index contributed by atoms with van der Waals surface area (Å²) in [5, 5.41) is 0. The number of benzene rings is 1. The SMILES string of the molecule is COc1cccc2c1[nH]c(=S)n2Cc1ccoc1. The van der Waals surface area contributed by atoms with E-state index in [0.29, 0.717) is 11.3 Å². The van der Waals surface area contributed by atoms with E-state index in [1.807, 2.05) is 28.8 Å². The van der Waals surface area contributed by atoms with Gasteiger partial charge in [-0.25, -0.2) is 0 Å². The van der Waals surface area contributed by atoms with E-state index >= 15 is 0 Å². The number of fused-ring (bicyclic) bond motifs is 1. The third kappa shape index (κ3) is 1.73. The average molecular weight is 260 g/mol. The van der Waals surface area contributed by atoms with Crippen molar-refractivity contribution in [2.75, 3.05) is 7.11 Å². The number of nitrogens with one attached hydrogen (secondary N) is 1. The van der Waals surface area contributed by atoms with Crippen LogP contribution in [0.2, 0.25) is 0 Å². The summed E-state index contributed by atoms with van der Waals surface area (Å²) in [7, 11) is 1.65. The molecular weight excluding hydrogens is 248 g/mol. The number of hydrogen-bond acceptors (Lipinski definition) is 3. The molecule has 0 bridgehead atoms. The van der Waals surface area contributed by atoms with Crippen LogP contribution in [0.25, 0.3) is 11.0 Å². The molecule has 0 aliphatic carbocycles. The van der Waals surface area contributed by atoms with E-state index in [0.717, 1.165) is 22.3 Å². The maximum Gasteiger partial charge on any atom is 0.178 e. The van der Waals surface area contributed by atoms with Gasteiger partial charge < -0.3 is 18.7 Å². The highest BCUT2D eigenvalue weighted by Gasteiger charge is 2.09. The summed E-state index contributed by atoms with van der Waals surface area (Å²) in [5.41, 5.74) is 3.03. The van der Waals surface area contributed by atoms with E-state index in [2.05, 4.69) is 4.98 Å². The maximum atomic E-state index is 5.35. The molecule has 4 nitrogen and oxygen atoms in total. The fourth-order valence-corrected chi connectivity index (χ4v) is 2.31. The molecule has 3 aromatic rings. The van der Waals surface area contributed by atoms with E-state index in [-0.39, 0.29) is 0 Å². The number of aromatic nitrogens is 2. The number of imidazole rings is 1. The first-order valence-electron chi connectivity index (χ1n) is 5.56. The van der Waals surface area contributed by atoms with Crippen LogP contribution in [0.4, 0.5) is 0 Å². The highest BCUT2D eigenvalue weighted by atomic mass is 32.1. The van der Waals surface area contributed by atoms with Crippen molar-refractivity contribution in [3.63, 3.8) is 0 Å². The normalized spacial score (nSPS) is 10.9. The highest BCUT2D eigenvalue weighted by molar-refractivity contribution is 7.71. The zero-order chi connectivity index (χ0) is 12.5. The van der Waals surface area contributed by atoms with Gasteiger partial charge in [0, 0.05) is 5.56 Å². The first-order valence-corrected chi connectivity index (χ1v) is 5.97. The van der Waals surface area contributed by atoms with Crippen LogP contribution in [0.5, 0.6) is 5.75 Å². The molecule has 5 heteroatoms. The van der Waals surface area contributed by atoms with Gasteiger partial charge in [-0.05, 0) is 30.4 Å². The van der Waals surface area contributed by atoms with Gasteiger partial charge in [-0.2, -0.15) is 0 Å². The van der Waals surface area contributed by atoms with Crippen LogP contribution in [0.15, 0.2) is 41.2 Å². The summed E-state index contributed by atoms with van der Waals surface area (Å²) in [6.45, 7) is 0.683. The lowest BCUT2D eigenvalue weighted by Crippen LogP contribution is -1.98. The van der Waals surface area contributed by atoms with E-state index in [1.165, 1.54) is 0 Å². The molecule has 1 N–H and O–H groups in total. The molecule has 0 aliphatic heterocycles. The molecule has 0 aliphatic rings. The van der Waals surface area contributed by atoms with E-state index < -0.39 is 0 Å². The Morgan fingerprint density at radius 3 is 3.00 bits per heavy atom. The maximum absolute atomic E-state index is 5.35. The molecule has 92 valence electrons. The molecule has 0 spiro atoms. The average Bonchev–Trinajstić information content (AvgIpc) is 2.99. The largest absolute Gasteiger partial charge is 0.494 e. The van der Waals surface area contributed by atoms with Crippen molar-refractivity contribution in [3.05, 3.63) is 47.1 Å². The zero-order valence-corrected chi connectivity index (χ0v) is 10.7. The minimum absolute atomic E-state index is 0.677. The number of nitrogens with zero attached hydrogens (tertiary/aromatic N) is 1. The molecule has 3 rings (SSSR count). The smallest absolute Gasteiger partial charge is 0.178 e. The van der Waals surface area contributed by atoms with Gasteiger partial charge in [0.1, 0.15) is 11.3 Å². The van der Waals surface area contributed by atoms with Crippen molar-refractivity contribution < 1.29 is 9.15 Å². The van der Waals surface area contributed by atoms with Crippen LogP contribution in [0.1, 0.15) is 5.56 Å². The van der Waals surface area contributed by atoms with Crippen LogP contribution < -0.4 is 4.74 Å². The number of aromatic amines is 1. The molecule has 0 saturated heterocycles. The van der Waals surface area contributed by atoms with E-state index in [4.69, 9.17) is 21.4 Å². The van der Waals surface area contributed by atoms with Crippen LogP contribution in [-0.2, 0) is 6.54 Å². The molecule has 0 saturated carbocycles. The summed E-state index contributed by atoms with van der Waals surface area (Å²) in [6, 6.07) is 7.82. The Morgan fingerprint density at radius 2 is 2.28 bits per heavy atom. The van der Waals surface area contributed by atoms with Crippen molar-refractivity contribution >= 4 is 23.3 Å². The standard InChI is InChI=1S/C13H12N2O2S/c1-16-11-4-2-3-10-12(11)14-13(18)15(10)7-9-5-6-17-8-9/h2-6,8H,7H2,1H3,(H,14,18). The topological polar surface area (TPSA) is 43.1 Å². The van der Waals surface area contributed by atoms with Crippen molar-refractivity contribution in [2.24, 2.45) is 0 Å². The molecule has 18 heavy (non-hydrogen) atoms. The van der Waals surface area contributed by atoms with Crippen molar-refractivity contribution in [3.8, 4) is 5.75 Å². The summed E-state index contributed by atoms with van der Waals surface area (Å²) in [4.78, 5) is 3.18. The molecule has 0 fully saturated rings. The second-order valence-corrected chi connectivity index (χ2v) is 4.39. The van der Waals surface area contributed by atoms with Crippen molar-refractivity contribution in [1.82, 2.24) is 9.55 Å². The molecular formula is C13H12N2O2S. The second-order valence-electron chi connectivity index (χ2n) is 4.00. The lowest BCUT2D eigenvalue weighted by molar-refractivity contribution is 0.419. The predicted octanol–water partition coefficient (Wildman–Crippen LogP) is 3.35. The first-order chi connectivity index (χ1) is 8.79. The van der Waals surface area contributed by atoms with Crippen LogP contribution in [0, 0.1) is 4.77 Å². The first kappa shape index (κ1) is 11.1. The minimum atomic E-state index is 0.677. The Bertz CT molecular complexity index is 725. The highest BCUT2D eigenvalue weighted by Crippen LogP contribution is 2.25. The molecule has 0 amide bonds. The fraction of sp³-hybridized carbons (Fsp3) is 0.154. The Hall–Kier alpha value is -2.01. The van der Waals surface area contributed by atoms with Crippen LogP contribution in [-0.4, -0.2) is 16.7 Å². The van der Waals surface area contributed by atoms with Gasteiger partial charge in [0.15, 0.2) is 4.77 Å². The molecule has 0 atom stereocenters. The molecule has 1 aromatic carbocycles. The van der Waals surface area contributed by atoms with Crippen molar-refractivity contribution in [2.45, 2.75) is 6.54 Å².